The minimum Gasteiger partial charge on any atom is -0.493 e. The summed E-state index contributed by atoms with van der Waals surface area (Å²) in [5, 5.41) is 12.0. The second kappa shape index (κ2) is 9.72. The van der Waals surface area contributed by atoms with E-state index in [1.807, 2.05) is 24.3 Å². The molecule has 2 heterocycles. The molecule has 202 valence electrons. The highest BCUT2D eigenvalue weighted by atomic mass is 19.4. The Balaban J connectivity index is 1.62. The molecule has 3 aromatic carbocycles. The van der Waals surface area contributed by atoms with E-state index in [0.29, 0.717) is 12.1 Å². The summed E-state index contributed by atoms with van der Waals surface area (Å²) in [7, 11) is 0. The summed E-state index contributed by atoms with van der Waals surface area (Å²) in [6, 6.07) is 17.3. The van der Waals surface area contributed by atoms with E-state index in [0.717, 1.165) is 26.6 Å². The monoisotopic (exact) mass is 545 g/mol. The van der Waals surface area contributed by atoms with Crippen LogP contribution in [0.1, 0.15) is 33.5 Å². The standard InChI is InChI=1S/C28H21F6N3O2/c29-27(30,31)20-10-18(11-21(13-20)28(32,33)34)16-37-25(38)24(12-19-14-35-23-9-5-4-8-22(19)23)36(26(37)39)15-17-6-2-1-3-7-17/h1-11,13-14,35,38H,12,15-16H2. The third kappa shape index (κ3) is 5.29. The van der Waals surface area contributed by atoms with Gasteiger partial charge in [0.05, 0.1) is 29.9 Å². The summed E-state index contributed by atoms with van der Waals surface area (Å²) in [6.45, 7) is -0.658. The third-order valence-corrected chi connectivity index (χ3v) is 6.51. The van der Waals surface area contributed by atoms with Crippen molar-refractivity contribution in [3.63, 3.8) is 0 Å². The summed E-state index contributed by atoms with van der Waals surface area (Å²) in [5.41, 5.74) is -1.72. The molecule has 0 bridgehead atoms. The maximum atomic E-state index is 13.5. The fourth-order valence-electron chi connectivity index (χ4n) is 4.63. The first-order valence-electron chi connectivity index (χ1n) is 11.8. The first-order valence-corrected chi connectivity index (χ1v) is 11.8. The van der Waals surface area contributed by atoms with E-state index in [2.05, 4.69) is 4.98 Å². The van der Waals surface area contributed by atoms with E-state index in [9.17, 15) is 36.2 Å². The van der Waals surface area contributed by atoms with Gasteiger partial charge in [0.2, 0.25) is 5.88 Å². The number of rotatable bonds is 6. The average Bonchev–Trinajstić information content (AvgIpc) is 3.39. The summed E-state index contributed by atoms with van der Waals surface area (Å²) in [4.78, 5) is 16.6. The number of fused-ring (bicyclic) bond motifs is 1. The zero-order valence-electron chi connectivity index (χ0n) is 20.1. The van der Waals surface area contributed by atoms with Crippen molar-refractivity contribution in [1.29, 1.82) is 0 Å². The Labute approximate surface area is 217 Å². The second-order valence-electron chi connectivity index (χ2n) is 9.16. The summed E-state index contributed by atoms with van der Waals surface area (Å²) in [5.74, 6) is -0.535. The molecule has 11 heteroatoms. The predicted octanol–water partition coefficient (Wildman–Crippen LogP) is 6.56. The number of aromatic nitrogens is 3. The fraction of sp³-hybridized carbons (Fsp3) is 0.179. The van der Waals surface area contributed by atoms with E-state index in [1.165, 1.54) is 4.57 Å². The second-order valence-corrected chi connectivity index (χ2v) is 9.16. The van der Waals surface area contributed by atoms with Gasteiger partial charge >= 0.3 is 18.0 Å². The number of nitrogens with zero attached hydrogens (tertiary/aromatic N) is 2. The van der Waals surface area contributed by atoms with Crippen LogP contribution in [0.25, 0.3) is 10.9 Å². The highest BCUT2D eigenvalue weighted by Crippen LogP contribution is 2.37. The molecule has 0 aliphatic heterocycles. The van der Waals surface area contributed by atoms with Crippen LogP contribution in [0.3, 0.4) is 0 Å². The zero-order valence-corrected chi connectivity index (χ0v) is 20.1. The molecule has 0 saturated carbocycles. The maximum Gasteiger partial charge on any atom is 0.416 e. The topological polar surface area (TPSA) is 63.0 Å². The minimum atomic E-state index is -5.04. The average molecular weight is 545 g/mol. The Morgan fingerprint density at radius 3 is 1.97 bits per heavy atom. The van der Waals surface area contributed by atoms with Crippen molar-refractivity contribution >= 4 is 10.9 Å². The van der Waals surface area contributed by atoms with Crippen LogP contribution in [0.4, 0.5) is 26.3 Å². The third-order valence-electron chi connectivity index (χ3n) is 6.51. The van der Waals surface area contributed by atoms with E-state index >= 15 is 0 Å². The molecule has 0 radical (unpaired) electrons. The number of aromatic hydroxyl groups is 1. The Morgan fingerprint density at radius 1 is 0.744 bits per heavy atom. The lowest BCUT2D eigenvalue weighted by atomic mass is 10.0. The number of nitrogens with one attached hydrogen (secondary N) is 1. The van der Waals surface area contributed by atoms with Crippen LogP contribution in [0.2, 0.25) is 0 Å². The van der Waals surface area contributed by atoms with Crippen LogP contribution in [0, 0.1) is 0 Å². The van der Waals surface area contributed by atoms with Gasteiger partial charge in [0.1, 0.15) is 0 Å². The molecule has 0 spiro atoms. The van der Waals surface area contributed by atoms with Crippen LogP contribution in [-0.4, -0.2) is 19.2 Å². The van der Waals surface area contributed by atoms with Crippen LogP contribution < -0.4 is 5.69 Å². The van der Waals surface area contributed by atoms with Crippen molar-refractivity contribution in [2.24, 2.45) is 0 Å². The molecule has 2 aromatic heterocycles. The lowest BCUT2D eigenvalue weighted by Crippen LogP contribution is -2.26. The quantitative estimate of drug-likeness (QED) is 0.238. The molecule has 0 amide bonds. The fourth-order valence-corrected chi connectivity index (χ4v) is 4.63. The van der Waals surface area contributed by atoms with Crippen LogP contribution in [0.15, 0.2) is 83.8 Å². The van der Waals surface area contributed by atoms with Crippen molar-refractivity contribution in [3.05, 3.63) is 123 Å². The number of para-hydroxylation sites is 1. The molecule has 39 heavy (non-hydrogen) atoms. The molecule has 0 unspecified atom stereocenters. The largest absolute Gasteiger partial charge is 0.493 e. The van der Waals surface area contributed by atoms with E-state index in [4.69, 9.17) is 0 Å². The first kappa shape index (κ1) is 26.2. The number of imidazole rings is 1. The van der Waals surface area contributed by atoms with Crippen molar-refractivity contribution in [2.45, 2.75) is 31.9 Å². The van der Waals surface area contributed by atoms with Gasteiger partial charge in [-0.2, -0.15) is 26.3 Å². The number of H-pyrrole nitrogens is 1. The van der Waals surface area contributed by atoms with Gasteiger partial charge in [0, 0.05) is 23.5 Å². The molecule has 5 rings (SSSR count). The number of alkyl halides is 6. The zero-order chi connectivity index (χ0) is 27.9. The highest BCUT2D eigenvalue weighted by molar-refractivity contribution is 5.83. The van der Waals surface area contributed by atoms with Crippen molar-refractivity contribution in [3.8, 4) is 5.88 Å². The molecule has 0 fully saturated rings. The lowest BCUT2D eigenvalue weighted by molar-refractivity contribution is -0.143. The van der Waals surface area contributed by atoms with Gasteiger partial charge in [-0.05, 0) is 41.0 Å². The Morgan fingerprint density at radius 2 is 1.33 bits per heavy atom. The van der Waals surface area contributed by atoms with E-state index in [1.54, 1.807) is 36.5 Å². The molecule has 0 atom stereocenters. The molecular formula is C28H21F6N3O2. The molecule has 0 aliphatic carbocycles. The summed E-state index contributed by atoms with van der Waals surface area (Å²) >= 11 is 0. The van der Waals surface area contributed by atoms with Crippen LogP contribution >= 0.6 is 0 Å². The first-order chi connectivity index (χ1) is 18.4. The molecular weight excluding hydrogens is 524 g/mol. The summed E-state index contributed by atoms with van der Waals surface area (Å²) < 4.78 is 82.4. The maximum absolute atomic E-state index is 13.5. The van der Waals surface area contributed by atoms with Crippen molar-refractivity contribution in [1.82, 2.24) is 14.1 Å². The Kier molecular flexibility index (Phi) is 6.53. The molecule has 5 nitrogen and oxygen atoms in total. The predicted molar refractivity (Wildman–Crippen MR) is 133 cm³/mol. The highest BCUT2D eigenvalue weighted by Gasteiger charge is 2.37. The van der Waals surface area contributed by atoms with Crippen molar-refractivity contribution in [2.75, 3.05) is 0 Å². The Bertz CT molecular complexity index is 1660. The van der Waals surface area contributed by atoms with Gasteiger partial charge in [-0.15, -0.1) is 0 Å². The normalized spacial score (nSPS) is 12.4. The molecule has 5 aromatic rings. The number of hydrogen-bond acceptors (Lipinski definition) is 2. The number of aromatic amines is 1. The van der Waals surface area contributed by atoms with Gasteiger partial charge in [0.15, 0.2) is 0 Å². The van der Waals surface area contributed by atoms with E-state index in [-0.39, 0.29) is 24.7 Å². The molecule has 2 N–H and O–H groups in total. The van der Waals surface area contributed by atoms with Gasteiger partial charge in [-0.1, -0.05) is 48.5 Å². The Hall–Kier alpha value is -4.41. The van der Waals surface area contributed by atoms with Crippen LogP contribution in [-0.2, 0) is 31.9 Å². The molecule has 0 aliphatic rings. The summed E-state index contributed by atoms with van der Waals surface area (Å²) in [6.07, 6.45) is -8.27. The number of benzene rings is 3. The smallest absolute Gasteiger partial charge is 0.416 e. The minimum absolute atomic E-state index is 0.0230. The van der Waals surface area contributed by atoms with Crippen molar-refractivity contribution < 1.29 is 31.4 Å². The van der Waals surface area contributed by atoms with Gasteiger partial charge in [-0.3, -0.25) is 9.13 Å². The number of halogens is 6. The molecule has 0 saturated heterocycles. The van der Waals surface area contributed by atoms with Crippen LogP contribution in [0.5, 0.6) is 5.88 Å². The SMILES string of the molecule is O=c1n(Cc2cc(C(F)(F)F)cc(C(F)(F)F)c2)c(O)c(Cc2c[nH]c3ccccc23)n1Cc1ccccc1. The van der Waals surface area contributed by atoms with Gasteiger partial charge in [0.25, 0.3) is 0 Å². The lowest BCUT2D eigenvalue weighted by Gasteiger charge is -2.14. The number of hydrogen-bond donors (Lipinski definition) is 2. The van der Waals surface area contributed by atoms with Gasteiger partial charge in [-0.25, -0.2) is 4.79 Å². The van der Waals surface area contributed by atoms with E-state index < -0.39 is 47.2 Å². The van der Waals surface area contributed by atoms with Gasteiger partial charge < -0.3 is 10.1 Å².